The molecule has 0 bridgehead atoms. The van der Waals surface area contributed by atoms with Gasteiger partial charge in [-0.25, -0.2) is 4.98 Å². The van der Waals surface area contributed by atoms with Crippen LogP contribution in [-0.2, 0) is 6.61 Å². The Balaban J connectivity index is 2.28. The predicted octanol–water partition coefficient (Wildman–Crippen LogP) is 2.69. The SMILES string of the molecule is CC(C)c1cc(CO)cc(N(C)C2CCC2)n1. The molecule has 1 N–H and O–H groups in total. The maximum Gasteiger partial charge on any atom is 0.129 e. The number of aromatic nitrogens is 1. The van der Waals surface area contributed by atoms with E-state index in [4.69, 9.17) is 4.98 Å². The van der Waals surface area contributed by atoms with Crippen LogP contribution < -0.4 is 4.90 Å². The van der Waals surface area contributed by atoms with Gasteiger partial charge < -0.3 is 10.0 Å². The molecule has 0 amide bonds. The first kappa shape index (κ1) is 12.4. The van der Waals surface area contributed by atoms with Gasteiger partial charge in [-0.05, 0) is 42.9 Å². The first-order chi connectivity index (χ1) is 8.11. The number of aliphatic hydroxyl groups excluding tert-OH is 1. The van der Waals surface area contributed by atoms with Crippen molar-refractivity contribution in [3.63, 3.8) is 0 Å². The molecule has 1 heterocycles. The molecule has 3 nitrogen and oxygen atoms in total. The summed E-state index contributed by atoms with van der Waals surface area (Å²) >= 11 is 0. The molecule has 0 aromatic carbocycles. The molecular formula is C14H22N2O. The van der Waals surface area contributed by atoms with Crippen molar-refractivity contribution in [1.29, 1.82) is 0 Å². The van der Waals surface area contributed by atoms with E-state index in [-0.39, 0.29) is 6.61 Å². The minimum atomic E-state index is 0.0910. The third-order valence-electron chi connectivity index (χ3n) is 3.65. The summed E-state index contributed by atoms with van der Waals surface area (Å²) in [7, 11) is 2.11. The molecule has 0 aliphatic heterocycles. The van der Waals surface area contributed by atoms with Crippen molar-refractivity contribution in [1.82, 2.24) is 4.98 Å². The van der Waals surface area contributed by atoms with E-state index in [9.17, 15) is 5.11 Å². The molecule has 1 saturated carbocycles. The number of hydrogen-bond donors (Lipinski definition) is 1. The first-order valence-corrected chi connectivity index (χ1v) is 6.46. The minimum Gasteiger partial charge on any atom is -0.392 e. The zero-order valence-corrected chi connectivity index (χ0v) is 11.0. The Kier molecular flexibility index (Phi) is 3.67. The van der Waals surface area contributed by atoms with Crippen LogP contribution in [0.1, 0.15) is 50.3 Å². The third-order valence-corrected chi connectivity index (χ3v) is 3.65. The van der Waals surface area contributed by atoms with E-state index in [1.54, 1.807) is 0 Å². The zero-order valence-electron chi connectivity index (χ0n) is 11.0. The van der Waals surface area contributed by atoms with Crippen LogP contribution in [0.3, 0.4) is 0 Å². The standard InChI is InChI=1S/C14H22N2O/c1-10(2)13-7-11(9-17)8-14(15-13)16(3)12-5-4-6-12/h7-8,10,12,17H,4-6,9H2,1-3H3. The molecule has 1 aliphatic rings. The van der Waals surface area contributed by atoms with Crippen LogP contribution in [0.4, 0.5) is 5.82 Å². The van der Waals surface area contributed by atoms with Gasteiger partial charge in [0.15, 0.2) is 0 Å². The number of anilines is 1. The monoisotopic (exact) mass is 234 g/mol. The molecular weight excluding hydrogens is 212 g/mol. The molecule has 0 saturated heterocycles. The largest absolute Gasteiger partial charge is 0.392 e. The zero-order chi connectivity index (χ0) is 12.4. The fraction of sp³-hybridized carbons (Fsp3) is 0.643. The van der Waals surface area contributed by atoms with Gasteiger partial charge in [0.25, 0.3) is 0 Å². The van der Waals surface area contributed by atoms with Crippen LogP contribution in [0.25, 0.3) is 0 Å². The highest BCUT2D eigenvalue weighted by Crippen LogP contribution is 2.28. The number of pyridine rings is 1. The van der Waals surface area contributed by atoms with E-state index in [1.807, 2.05) is 12.1 Å². The van der Waals surface area contributed by atoms with E-state index < -0.39 is 0 Å². The molecule has 94 valence electrons. The maximum atomic E-state index is 9.31. The lowest BCUT2D eigenvalue weighted by Crippen LogP contribution is -2.37. The second-order valence-electron chi connectivity index (χ2n) is 5.27. The number of hydrogen-bond acceptors (Lipinski definition) is 3. The van der Waals surface area contributed by atoms with Gasteiger partial charge in [-0.1, -0.05) is 13.8 Å². The summed E-state index contributed by atoms with van der Waals surface area (Å²) in [6, 6.07) is 4.64. The van der Waals surface area contributed by atoms with Crippen molar-refractivity contribution in [3.05, 3.63) is 23.4 Å². The van der Waals surface area contributed by atoms with Gasteiger partial charge in [-0.3, -0.25) is 0 Å². The molecule has 0 unspecified atom stereocenters. The van der Waals surface area contributed by atoms with Gasteiger partial charge in [0, 0.05) is 18.8 Å². The fourth-order valence-electron chi connectivity index (χ4n) is 2.12. The second kappa shape index (κ2) is 5.05. The fourth-order valence-corrected chi connectivity index (χ4v) is 2.12. The van der Waals surface area contributed by atoms with Crippen LogP contribution in [0.2, 0.25) is 0 Å². The van der Waals surface area contributed by atoms with Crippen molar-refractivity contribution < 1.29 is 5.11 Å². The summed E-state index contributed by atoms with van der Waals surface area (Å²) in [4.78, 5) is 6.96. The van der Waals surface area contributed by atoms with Crippen molar-refractivity contribution in [2.24, 2.45) is 0 Å². The molecule has 2 rings (SSSR count). The average Bonchev–Trinajstić information content (AvgIpc) is 2.25. The van der Waals surface area contributed by atoms with E-state index >= 15 is 0 Å². The van der Waals surface area contributed by atoms with Crippen LogP contribution in [0.5, 0.6) is 0 Å². The molecule has 3 heteroatoms. The van der Waals surface area contributed by atoms with Crippen molar-refractivity contribution in [2.75, 3.05) is 11.9 Å². The summed E-state index contributed by atoms with van der Waals surface area (Å²) in [5, 5.41) is 9.31. The molecule has 0 radical (unpaired) electrons. The maximum absolute atomic E-state index is 9.31. The quantitative estimate of drug-likeness (QED) is 0.870. The van der Waals surface area contributed by atoms with Gasteiger partial charge in [0.05, 0.1) is 6.61 Å². The van der Waals surface area contributed by atoms with Gasteiger partial charge in [-0.2, -0.15) is 0 Å². The number of nitrogens with zero attached hydrogens (tertiary/aromatic N) is 2. The van der Waals surface area contributed by atoms with Gasteiger partial charge in [-0.15, -0.1) is 0 Å². The van der Waals surface area contributed by atoms with Crippen LogP contribution in [0, 0.1) is 0 Å². The van der Waals surface area contributed by atoms with E-state index in [0.717, 1.165) is 17.1 Å². The topological polar surface area (TPSA) is 36.4 Å². The summed E-state index contributed by atoms with van der Waals surface area (Å²) in [6.45, 7) is 4.36. The summed E-state index contributed by atoms with van der Waals surface area (Å²) in [5.74, 6) is 1.40. The lowest BCUT2D eigenvalue weighted by atomic mass is 9.92. The second-order valence-corrected chi connectivity index (χ2v) is 5.27. The number of rotatable bonds is 4. The Morgan fingerprint density at radius 3 is 2.59 bits per heavy atom. The molecule has 1 aromatic heterocycles. The Bertz CT molecular complexity index is 386. The van der Waals surface area contributed by atoms with Gasteiger partial charge >= 0.3 is 0 Å². The summed E-state index contributed by atoms with van der Waals surface area (Å²) in [6.07, 6.45) is 3.85. The Morgan fingerprint density at radius 1 is 1.41 bits per heavy atom. The minimum absolute atomic E-state index is 0.0910. The average molecular weight is 234 g/mol. The van der Waals surface area contributed by atoms with Crippen molar-refractivity contribution in [3.8, 4) is 0 Å². The highest BCUT2D eigenvalue weighted by molar-refractivity contribution is 5.44. The van der Waals surface area contributed by atoms with E-state index in [1.165, 1.54) is 19.3 Å². The van der Waals surface area contributed by atoms with Gasteiger partial charge in [0.1, 0.15) is 5.82 Å². The third kappa shape index (κ3) is 2.60. The number of aliphatic hydroxyl groups is 1. The Morgan fingerprint density at radius 2 is 2.12 bits per heavy atom. The van der Waals surface area contributed by atoms with Crippen LogP contribution in [-0.4, -0.2) is 23.2 Å². The molecule has 0 spiro atoms. The van der Waals surface area contributed by atoms with Gasteiger partial charge in [0.2, 0.25) is 0 Å². The van der Waals surface area contributed by atoms with E-state index in [2.05, 4.69) is 25.8 Å². The van der Waals surface area contributed by atoms with Crippen molar-refractivity contribution in [2.45, 2.75) is 51.7 Å². The lowest BCUT2D eigenvalue weighted by Gasteiger charge is -2.36. The predicted molar refractivity (Wildman–Crippen MR) is 70.3 cm³/mol. The van der Waals surface area contributed by atoms with Crippen LogP contribution >= 0.6 is 0 Å². The molecule has 1 fully saturated rings. The van der Waals surface area contributed by atoms with Crippen LogP contribution in [0.15, 0.2) is 12.1 Å². The molecule has 1 aliphatic carbocycles. The smallest absolute Gasteiger partial charge is 0.129 e. The lowest BCUT2D eigenvalue weighted by molar-refractivity contribution is 0.281. The molecule has 1 aromatic rings. The molecule has 0 atom stereocenters. The van der Waals surface area contributed by atoms with Crippen molar-refractivity contribution >= 4 is 5.82 Å². The highest BCUT2D eigenvalue weighted by atomic mass is 16.3. The Labute approximate surface area is 103 Å². The molecule has 17 heavy (non-hydrogen) atoms. The normalized spacial score (nSPS) is 16.1. The first-order valence-electron chi connectivity index (χ1n) is 6.46. The Hall–Kier alpha value is -1.09. The van der Waals surface area contributed by atoms with E-state index in [0.29, 0.717) is 12.0 Å². The highest BCUT2D eigenvalue weighted by Gasteiger charge is 2.23. The summed E-state index contributed by atoms with van der Waals surface area (Å²) in [5.41, 5.74) is 2.03. The summed E-state index contributed by atoms with van der Waals surface area (Å²) < 4.78 is 0.